The third kappa shape index (κ3) is 4.72. The van der Waals surface area contributed by atoms with E-state index in [1.807, 2.05) is 27.7 Å². The maximum atomic E-state index is 13.0. The Labute approximate surface area is 149 Å². The van der Waals surface area contributed by atoms with Gasteiger partial charge in [-0.2, -0.15) is 0 Å². The zero-order valence-electron chi connectivity index (χ0n) is 15.6. The molecule has 2 unspecified atom stereocenters. The molecule has 0 saturated carbocycles. The average Bonchev–Trinajstić information content (AvgIpc) is 2.57. The molecule has 1 aromatic rings. The molecule has 0 bridgehead atoms. The molecule has 1 saturated heterocycles. The highest BCUT2D eigenvalue weighted by atomic mass is 16.5. The van der Waals surface area contributed by atoms with Crippen LogP contribution in [0.3, 0.4) is 0 Å². The zero-order valence-corrected chi connectivity index (χ0v) is 15.6. The lowest BCUT2D eigenvalue weighted by Crippen LogP contribution is -2.56. The largest absolute Gasteiger partial charge is 0.496 e. The summed E-state index contributed by atoms with van der Waals surface area (Å²) in [5.41, 5.74) is 0.423. The Morgan fingerprint density at radius 2 is 1.80 bits per heavy atom. The highest BCUT2D eigenvalue weighted by Crippen LogP contribution is 2.19. The lowest BCUT2D eigenvalue weighted by molar-refractivity contribution is -0.146. The van der Waals surface area contributed by atoms with Crippen molar-refractivity contribution in [3.63, 3.8) is 0 Å². The van der Waals surface area contributed by atoms with Gasteiger partial charge in [0, 0.05) is 13.1 Å². The second kappa shape index (κ2) is 8.34. The van der Waals surface area contributed by atoms with Crippen molar-refractivity contribution in [3.05, 3.63) is 29.8 Å². The van der Waals surface area contributed by atoms with Crippen molar-refractivity contribution in [2.24, 2.45) is 5.92 Å². The third-order valence-corrected chi connectivity index (χ3v) is 4.30. The predicted octanol–water partition coefficient (Wildman–Crippen LogP) is 2.09. The van der Waals surface area contributed by atoms with Crippen LogP contribution in [0.4, 0.5) is 0 Å². The minimum absolute atomic E-state index is 0.00886. The van der Waals surface area contributed by atoms with Crippen LogP contribution in [0.2, 0.25) is 0 Å². The van der Waals surface area contributed by atoms with E-state index in [1.165, 1.54) is 7.11 Å². The summed E-state index contributed by atoms with van der Waals surface area (Å²) in [6.07, 6.45) is -0.0177. The van der Waals surface area contributed by atoms with Crippen LogP contribution in [-0.2, 0) is 9.53 Å². The van der Waals surface area contributed by atoms with Gasteiger partial charge in [0.2, 0.25) is 5.91 Å². The first kappa shape index (κ1) is 19.2. The number of amides is 2. The molecule has 2 rings (SSSR count). The third-order valence-electron chi connectivity index (χ3n) is 4.30. The monoisotopic (exact) mass is 348 g/mol. The van der Waals surface area contributed by atoms with Crippen LogP contribution in [0.5, 0.6) is 5.75 Å². The van der Waals surface area contributed by atoms with Crippen molar-refractivity contribution in [3.8, 4) is 5.75 Å². The number of carbonyl (C=O) groups is 2. The lowest BCUT2D eigenvalue weighted by Gasteiger charge is -2.38. The van der Waals surface area contributed by atoms with Crippen LogP contribution in [0, 0.1) is 5.92 Å². The molecule has 6 nitrogen and oxygen atoms in total. The highest BCUT2D eigenvalue weighted by molar-refractivity contribution is 5.99. The normalized spacial score (nSPS) is 21.8. The van der Waals surface area contributed by atoms with Gasteiger partial charge >= 0.3 is 0 Å². The number of carbonyl (C=O) groups excluding carboxylic acids is 2. The molecule has 1 N–H and O–H groups in total. The summed E-state index contributed by atoms with van der Waals surface area (Å²) in [7, 11) is 1.52. The smallest absolute Gasteiger partial charge is 0.255 e. The molecule has 1 fully saturated rings. The van der Waals surface area contributed by atoms with Gasteiger partial charge in [0.1, 0.15) is 11.8 Å². The summed E-state index contributed by atoms with van der Waals surface area (Å²) in [5.74, 6) is 0.0855. The summed E-state index contributed by atoms with van der Waals surface area (Å²) < 4.78 is 10.9. The van der Waals surface area contributed by atoms with Gasteiger partial charge in [-0.05, 0) is 31.9 Å². The van der Waals surface area contributed by atoms with E-state index >= 15 is 0 Å². The van der Waals surface area contributed by atoms with Crippen LogP contribution >= 0.6 is 0 Å². The van der Waals surface area contributed by atoms with E-state index < -0.39 is 6.04 Å². The molecule has 1 heterocycles. The van der Waals surface area contributed by atoms with Crippen LogP contribution in [0.25, 0.3) is 0 Å². The van der Waals surface area contributed by atoms with Crippen molar-refractivity contribution in [1.29, 1.82) is 0 Å². The summed E-state index contributed by atoms with van der Waals surface area (Å²) in [4.78, 5) is 27.4. The molecule has 138 valence electrons. The Kier molecular flexibility index (Phi) is 6.42. The Balaban J connectivity index is 2.15. The van der Waals surface area contributed by atoms with Crippen molar-refractivity contribution < 1.29 is 19.1 Å². The second-order valence-electron chi connectivity index (χ2n) is 6.90. The first-order valence-electron chi connectivity index (χ1n) is 8.71. The molecular weight excluding hydrogens is 320 g/mol. The van der Waals surface area contributed by atoms with E-state index in [2.05, 4.69) is 5.32 Å². The SMILES string of the molecule is COc1ccccc1C(=O)N[C@@H](C(=O)N1CC(C)OC(C)C1)C(C)C. The summed E-state index contributed by atoms with van der Waals surface area (Å²) in [6, 6.07) is 6.41. The van der Waals surface area contributed by atoms with Gasteiger partial charge in [-0.15, -0.1) is 0 Å². The van der Waals surface area contributed by atoms with Crippen molar-refractivity contribution in [2.45, 2.75) is 45.9 Å². The fourth-order valence-corrected chi connectivity index (χ4v) is 3.12. The molecule has 0 aliphatic carbocycles. The van der Waals surface area contributed by atoms with E-state index in [0.29, 0.717) is 24.4 Å². The van der Waals surface area contributed by atoms with E-state index in [9.17, 15) is 9.59 Å². The van der Waals surface area contributed by atoms with Crippen LogP contribution in [0.15, 0.2) is 24.3 Å². The first-order chi connectivity index (χ1) is 11.8. The molecule has 1 aromatic carbocycles. The number of ether oxygens (including phenoxy) is 2. The number of nitrogens with zero attached hydrogens (tertiary/aromatic N) is 1. The van der Waals surface area contributed by atoms with Crippen LogP contribution in [-0.4, -0.2) is 55.2 Å². The summed E-state index contributed by atoms with van der Waals surface area (Å²) in [5, 5.41) is 2.88. The van der Waals surface area contributed by atoms with E-state index in [-0.39, 0.29) is 29.9 Å². The topological polar surface area (TPSA) is 67.9 Å². The number of hydrogen-bond donors (Lipinski definition) is 1. The summed E-state index contributed by atoms with van der Waals surface area (Å²) in [6.45, 7) is 8.84. The molecule has 0 aromatic heterocycles. The fourth-order valence-electron chi connectivity index (χ4n) is 3.12. The maximum Gasteiger partial charge on any atom is 0.255 e. The second-order valence-corrected chi connectivity index (χ2v) is 6.90. The molecule has 25 heavy (non-hydrogen) atoms. The number of morpholine rings is 1. The quantitative estimate of drug-likeness (QED) is 0.885. The highest BCUT2D eigenvalue weighted by Gasteiger charge is 2.33. The summed E-state index contributed by atoms with van der Waals surface area (Å²) >= 11 is 0. The van der Waals surface area contributed by atoms with Crippen molar-refractivity contribution in [2.75, 3.05) is 20.2 Å². The molecule has 2 amide bonds. The number of hydrogen-bond acceptors (Lipinski definition) is 4. The average molecular weight is 348 g/mol. The number of rotatable bonds is 5. The number of para-hydroxylation sites is 1. The van der Waals surface area contributed by atoms with E-state index in [4.69, 9.17) is 9.47 Å². The maximum absolute atomic E-state index is 13.0. The number of benzene rings is 1. The minimum Gasteiger partial charge on any atom is -0.496 e. The van der Waals surface area contributed by atoms with Crippen LogP contribution < -0.4 is 10.1 Å². The van der Waals surface area contributed by atoms with Gasteiger partial charge in [-0.3, -0.25) is 9.59 Å². The standard InChI is InChI=1S/C19H28N2O4/c1-12(2)17(19(23)21-10-13(3)25-14(4)11-21)20-18(22)15-8-6-7-9-16(15)24-5/h6-9,12-14,17H,10-11H2,1-5H3,(H,20,22)/t13?,14?,17-/m1/s1. The Hall–Kier alpha value is -2.08. The number of methoxy groups -OCH3 is 1. The fraction of sp³-hybridized carbons (Fsp3) is 0.579. The van der Waals surface area contributed by atoms with Crippen molar-refractivity contribution in [1.82, 2.24) is 10.2 Å². The van der Waals surface area contributed by atoms with Gasteiger partial charge in [0.25, 0.3) is 5.91 Å². The van der Waals surface area contributed by atoms with Gasteiger partial charge < -0.3 is 19.7 Å². The molecule has 1 aliphatic rings. The van der Waals surface area contributed by atoms with Crippen molar-refractivity contribution >= 4 is 11.8 Å². The predicted molar refractivity (Wildman–Crippen MR) is 95.7 cm³/mol. The molecular formula is C19H28N2O4. The lowest BCUT2D eigenvalue weighted by atomic mass is 10.0. The van der Waals surface area contributed by atoms with E-state index in [0.717, 1.165) is 0 Å². The Bertz CT molecular complexity index is 607. The Morgan fingerprint density at radius 1 is 1.20 bits per heavy atom. The molecule has 6 heteroatoms. The molecule has 3 atom stereocenters. The molecule has 0 radical (unpaired) electrons. The molecule has 0 spiro atoms. The Morgan fingerprint density at radius 3 is 2.36 bits per heavy atom. The minimum atomic E-state index is -0.588. The number of nitrogens with one attached hydrogen (secondary N) is 1. The van der Waals surface area contributed by atoms with Gasteiger partial charge in [-0.25, -0.2) is 0 Å². The van der Waals surface area contributed by atoms with Gasteiger partial charge in [0.15, 0.2) is 0 Å². The van der Waals surface area contributed by atoms with E-state index in [1.54, 1.807) is 29.2 Å². The van der Waals surface area contributed by atoms with Crippen LogP contribution in [0.1, 0.15) is 38.1 Å². The molecule has 1 aliphatic heterocycles. The zero-order chi connectivity index (χ0) is 18.6. The first-order valence-corrected chi connectivity index (χ1v) is 8.71. The van der Waals surface area contributed by atoms with Gasteiger partial charge in [0.05, 0.1) is 24.9 Å². The van der Waals surface area contributed by atoms with Gasteiger partial charge in [-0.1, -0.05) is 26.0 Å².